The Morgan fingerprint density at radius 2 is 1.79 bits per heavy atom. The Hall–Kier alpha value is -2.64. The molecule has 3 heterocycles. The molecule has 2 aliphatic rings. The highest BCUT2D eigenvalue weighted by Crippen LogP contribution is 2.38. The van der Waals surface area contributed by atoms with Crippen molar-refractivity contribution in [3.8, 4) is 22.8 Å². The van der Waals surface area contributed by atoms with Crippen LogP contribution in [-0.2, 0) is 16.0 Å². The quantitative estimate of drug-likeness (QED) is 0.694. The number of hydrogen-bond donors (Lipinski definition) is 1. The fourth-order valence-electron chi connectivity index (χ4n) is 4.91. The minimum absolute atomic E-state index is 0.163. The number of benzene rings is 1. The summed E-state index contributed by atoms with van der Waals surface area (Å²) < 4.78 is 16.7. The first-order chi connectivity index (χ1) is 16.0. The number of likely N-dealkylation sites (tertiary alicyclic amines) is 1. The number of carbonyl (C=O) groups is 1. The van der Waals surface area contributed by atoms with Crippen molar-refractivity contribution in [2.45, 2.75) is 38.1 Å². The van der Waals surface area contributed by atoms with Gasteiger partial charge in [-0.25, -0.2) is 0 Å². The van der Waals surface area contributed by atoms with Crippen LogP contribution in [0.1, 0.15) is 31.2 Å². The van der Waals surface area contributed by atoms with Crippen molar-refractivity contribution in [2.24, 2.45) is 5.41 Å². The summed E-state index contributed by atoms with van der Waals surface area (Å²) >= 11 is 0. The van der Waals surface area contributed by atoms with Gasteiger partial charge in [-0.05, 0) is 76.0 Å². The summed E-state index contributed by atoms with van der Waals surface area (Å²) in [5.41, 5.74) is 2.21. The topological polar surface area (TPSA) is 72.9 Å². The van der Waals surface area contributed by atoms with Gasteiger partial charge in [0.05, 0.1) is 30.9 Å². The zero-order valence-corrected chi connectivity index (χ0v) is 19.9. The number of piperidine rings is 1. The number of methoxy groups -OCH3 is 2. The molecule has 0 unspecified atom stereocenters. The zero-order valence-electron chi connectivity index (χ0n) is 19.9. The van der Waals surface area contributed by atoms with Gasteiger partial charge in [0.25, 0.3) is 0 Å². The van der Waals surface area contributed by atoms with E-state index in [1.165, 1.54) is 0 Å². The van der Waals surface area contributed by atoms with Crippen molar-refractivity contribution in [1.82, 2.24) is 15.2 Å². The molecule has 7 nitrogen and oxygen atoms in total. The first-order valence-electron chi connectivity index (χ1n) is 11.8. The molecule has 1 N–H and O–H groups in total. The summed E-state index contributed by atoms with van der Waals surface area (Å²) in [6.07, 6.45) is 6.01. The van der Waals surface area contributed by atoms with Gasteiger partial charge in [-0.15, -0.1) is 0 Å². The molecule has 2 aliphatic heterocycles. The Kier molecular flexibility index (Phi) is 7.50. The molecule has 178 valence electrons. The van der Waals surface area contributed by atoms with E-state index in [0.29, 0.717) is 31.1 Å². The van der Waals surface area contributed by atoms with Gasteiger partial charge in [0.1, 0.15) is 11.5 Å². The highest BCUT2D eigenvalue weighted by molar-refractivity contribution is 5.83. The highest BCUT2D eigenvalue weighted by atomic mass is 16.5. The van der Waals surface area contributed by atoms with E-state index in [9.17, 15) is 4.79 Å². The number of amides is 1. The Morgan fingerprint density at radius 1 is 1.12 bits per heavy atom. The molecular formula is C26H35N3O4. The van der Waals surface area contributed by atoms with Gasteiger partial charge >= 0.3 is 0 Å². The van der Waals surface area contributed by atoms with Crippen molar-refractivity contribution in [2.75, 3.05) is 47.6 Å². The fraction of sp³-hybridized carbons (Fsp3) is 0.538. The summed E-state index contributed by atoms with van der Waals surface area (Å²) in [5, 5.41) is 3.36. The molecule has 1 aromatic heterocycles. The molecule has 0 radical (unpaired) electrons. The van der Waals surface area contributed by atoms with Crippen LogP contribution in [0.25, 0.3) is 11.3 Å². The largest absolute Gasteiger partial charge is 0.496 e. The number of rotatable bonds is 7. The van der Waals surface area contributed by atoms with Gasteiger partial charge in [0.2, 0.25) is 5.91 Å². The van der Waals surface area contributed by atoms with Crippen LogP contribution >= 0.6 is 0 Å². The van der Waals surface area contributed by atoms with Crippen LogP contribution in [0.3, 0.4) is 0 Å². The smallest absolute Gasteiger partial charge is 0.226 e. The standard InChI is InChI=1S/C26H35N3O4/c1-29-13-9-20(10-14-29)28-25(30)26(11-15-33-16-12-26)17-19-7-8-21(27-18-19)24-22(31-2)5-4-6-23(24)32-3/h4-8,18,20H,9-17H2,1-3H3,(H,28,30). The number of carbonyl (C=O) groups excluding carboxylic acids is 1. The van der Waals surface area contributed by atoms with Crippen molar-refractivity contribution in [1.29, 1.82) is 0 Å². The van der Waals surface area contributed by atoms with Gasteiger partial charge in [-0.3, -0.25) is 9.78 Å². The van der Waals surface area contributed by atoms with E-state index >= 15 is 0 Å². The normalized spacial score (nSPS) is 19.1. The average molecular weight is 454 g/mol. The lowest BCUT2D eigenvalue weighted by molar-refractivity contribution is -0.137. The van der Waals surface area contributed by atoms with Crippen LogP contribution in [0, 0.1) is 5.41 Å². The van der Waals surface area contributed by atoms with Gasteiger partial charge in [0, 0.05) is 25.5 Å². The van der Waals surface area contributed by atoms with Crippen molar-refractivity contribution in [3.63, 3.8) is 0 Å². The number of aromatic nitrogens is 1. The monoisotopic (exact) mass is 453 g/mol. The molecule has 0 atom stereocenters. The second kappa shape index (κ2) is 10.5. The molecule has 2 saturated heterocycles. The lowest BCUT2D eigenvalue weighted by atomic mass is 9.74. The Balaban J connectivity index is 1.53. The summed E-state index contributed by atoms with van der Waals surface area (Å²) in [5.74, 6) is 1.59. The van der Waals surface area contributed by atoms with E-state index in [1.807, 2.05) is 30.5 Å². The van der Waals surface area contributed by atoms with Gasteiger partial charge in [-0.2, -0.15) is 0 Å². The zero-order chi connectivity index (χ0) is 23.3. The Labute approximate surface area is 196 Å². The molecule has 1 amide bonds. The predicted molar refractivity (Wildman–Crippen MR) is 128 cm³/mol. The highest BCUT2D eigenvalue weighted by Gasteiger charge is 2.41. The minimum atomic E-state index is -0.451. The predicted octanol–water partition coefficient (Wildman–Crippen LogP) is 3.32. The molecular weight excluding hydrogens is 418 g/mol. The van der Waals surface area contributed by atoms with Crippen molar-refractivity contribution >= 4 is 5.91 Å². The first-order valence-corrected chi connectivity index (χ1v) is 11.8. The average Bonchev–Trinajstić information content (AvgIpc) is 2.86. The van der Waals surface area contributed by atoms with Crippen LogP contribution < -0.4 is 14.8 Å². The molecule has 0 aliphatic carbocycles. The molecule has 7 heteroatoms. The van der Waals surface area contributed by atoms with Crippen LogP contribution in [0.5, 0.6) is 11.5 Å². The van der Waals surface area contributed by atoms with Gasteiger partial charge in [-0.1, -0.05) is 12.1 Å². The number of nitrogens with one attached hydrogen (secondary N) is 1. The van der Waals surface area contributed by atoms with Gasteiger partial charge < -0.3 is 24.4 Å². The maximum atomic E-state index is 13.5. The first kappa shape index (κ1) is 23.5. The maximum Gasteiger partial charge on any atom is 0.226 e. The summed E-state index contributed by atoms with van der Waals surface area (Å²) in [6.45, 7) is 3.28. The molecule has 1 aromatic carbocycles. The SMILES string of the molecule is COc1cccc(OC)c1-c1ccc(CC2(C(=O)NC3CCN(C)CC3)CCOCC2)cn1. The second-order valence-electron chi connectivity index (χ2n) is 9.21. The van der Waals surface area contributed by atoms with E-state index in [1.54, 1.807) is 14.2 Å². The number of nitrogens with zero attached hydrogens (tertiary/aromatic N) is 2. The summed E-state index contributed by atoms with van der Waals surface area (Å²) in [4.78, 5) is 20.5. The molecule has 0 spiro atoms. The molecule has 2 aromatic rings. The van der Waals surface area contributed by atoms with E-state index in [2.05, 4.69) is 23.3 Å². The van der Waals surface area contributed by atoms with Crippen LogP contribution in [0.2, 0.25) is 0 Å². The summed E-state index contributed by atoms with van der Waals surface area (Å²) in [6, 6.07) is 10.0. The molecule has 0 bridgehead atoms. The third-order valence-corrected chi connectivity index (χ3v) is 7.04. The van der Waals surface area contributed by atoms with Crippen LogP contribution in [-0.4, -0.2) is 69.4 Å². The van der Waals surface area contributed by atoms with E-state index in [0.717, 1.165) is 55.6 Å². The maximum absolute atomic E-state index is 13.5. The fourth-order valence-corrected chi connectivity index (χ4v) is 4.91. The molecule has 0 saturated carbocycles. The third kappa shape index (κ3) is 5.31. The Morgan fingerprint density at radius 3 is 2.36 bits per heavy atom. The molecule has 33 heavy (non-hydrogen) atoms. The minimum Gasteiger partial charge on any atom is -0.496 e. The number of ether oxygens (including phenoxy) is 3. The third-order valence-electron chi connectivity index (χ3n) is 7.04. The van der Waals surface area contributed by atoms with Crippen LogP contribution in [0.4, 0.5) is 0 Å². The van der Waals surface area contributed by atoms with Crippen molar-refractivity contribution < 1.29 is 19.0 Å². The van der Waals surface area contributed by atoms with Crippen molar-refractivity contribution in [3.05, 3.63) is 42.1 Å². The van der Waals surface area contributed by atoms with Gasteiger partial charge in [0.15, 0.2) is 0 Å². The van der Waals surface area contributed by atoms with E-state index < -0.39 is 5.41 Å². The molecule has 4 rings (SSSR count). The number of pyridine rings is 1. The van der Waals surface area contributed by atoms with Crippen LogP contribution in [0.15, 0.2) is 36.5 Å². The lowest BCUT2D eigenvalue weighted by Gasteiger charge is -2.38. The summed E-state index contributed by atoms with van der Waals surface area (Å²) in [7, 11) is 5.42. The lowest BCUT2D eigenvalue weighted by Crippen LogP contribution is -2.51. The number of hydrogen-bond acceptors (Lipinski definition) is 6. The second-order valence-corrected chi connectivity index (χ2v) is 9.21. The van der Waals surface area contributed by atoms with E-state index in [4.69, 9.17) is 19.2 Å². The Bertz CT molecular complexity index is 911. The molecule has 2 fully saturated rings. The van der Waals surface area contributed by atoms with E-state index in [-0.39, 0.29) is 11.9 Å².